The minimum atomic E-state index is -3.22. The normalized spacial score (nSPS) is 27.9. The van der Waals surface area contributed by atoms with Crippen molar-refractivity contribution >= 4 is 26.9 Å². The molecule has 0 aromatic carbocycles. The number of rotatable bonds is 7. The second-order valence-electron chi connectivity index (χ2n) is 9.18. The Balaban J connectivity index is 1.32. The van der Waals surface area contributed by atoms with Crippen LogP contribution < -0.4 is 9.62 Å². The molecule has 0 saturated heterocycles. The van der Waals surface area contributed by atoms with Crippen LogP contribution in [0.5, 0.6) is 0 Å². The highest BCUT2D eigenvalue weighted by molar-refractivity contribution is 7.89. The molecule has 0 unspecified atom stereocenters. The van der Waals surface area contributed by atoms with Gasteiger partial charge in [-0.15, -0.1) is 0 Å². The summed E-state index contributed by atoms with van der Waals surface area (Å²) in [4.78, 5) is 14.2. The second-order valence-corrected chi connectivity index (χ2v) is 11.0. The fourth-order valence-electron chi connectivity index (χ4n) is 5.45. The first-order valence-corrected chi connectivity index (χ1v) is 13.1. The molecular formula is C22H35N5O2S. The smallest absolute Gasteiger partial charge is 0.212 e. The van der Waals surface area contributed by atoms with Crippen molar-refractivity contribution in [1.29, 1.82) is 0 Å². The van der Waals surface area contributed by atoms with Crippen LogP contribution in [0.3, 0.4) is 0 Å². The average molecular weight is 434 g/mol. The molecule has 30 heavy (non-hydrogen) atoms. The summed E-state index contributed by atoms with van der Waals surface area (Å²) in [5.74, 6) is 1.96. The summed E-state index contributed by atoms with van der Waals surface area (Å²) in [5, 5.41) is 1.03. The maximum Gasteiger partial charge on any atom is 0.212 e. The topological polar surface area (TPSA) is 91.0 Å². The van der Waals surface area contributed by atoms with Gasteiger partial charge in [-0.05, 0) is 56.4 Å². The van der Waals surface area contributed by atoms with Crippen molar-refractivity contribution in [2.24, 2.45) is 11.8 Å². The summed E-state index contributed by atoms with van der Waals surface area (Å²) in [6.45, 7) is 2.17. The van der Waals surface area contributed by atoms with Gasteiger partial charge in [0.2, 0.25) is 10.0 Å². The Morgan fingerprint density at radius 2 is 1.90 bits per heavy atom. The zero-order valence-corrected chi connectivity index (χ0v) is 19.0. The number of hydrogen-bond donors (Lipinski definition) is 2. The highest BCUT2D eigenvalue weighted by atomic mass is 32.2. The lowest BCUT2D eigenvalue weighted by Crippen LogP contribution is -2.44. The third-order valence-electron chi connectivity index (χ3n) is 7.25. The van der Waals surface area contributed by atoms with Gasteiger partial charge in [0.1, 0.15) is 17.8 Å². The van der Waals surface area contributed by atoms with Gasteiger partial charge in [-0.1, -0.05) is 26.2 Å². The molecule has 0 amide bonds. The SMILES string of the molecule is CC[C@H]1CCCC[C@H]1NS(=O)(=O)CC1CCC(N(C)c2ncnc3[nH]ccc23)CC1. The van der Waals surface area contributed by atoms with E-state index in [-0.39, 0.29) is 17.7 Å². The van der Waals surface area contributed by atoms with Crippen molar-refractivity contribution in [2.75, 3.05) is 17.7 Å². The van der Waals surface area contributed by atoms with E-state index >= 15 is 0 Å². The van der Waals surface area contributed by atoms with E-state index in [1.165, 1.54) is 6.42 Å². The van der Waals surface area contributed by atoms with Crippen molar-refractivity contribution in [2.45, 2.75) is 76.8 Å². The van der Waals surface area contributed by atoms with Crippen molar-refractivity contribution in [3.63, 3.8) is 0 Å². The van der Waals surface area contributed by atoms with Gasteiger partial charge in [0, 0.05) is 25.3 Å². The summed E-state index contributed by atoms with van der Waals surface area (Å²) < 4.78 is 28.7. The van der Waals surface area contributed by atoms with Gasteiger partial charge >= 0.3 is 0 Å². The van der Waals surface area contributed by atoms with E-state index in [1.54, 1.807) is 6.33 Å². The van der Waals surface area contributed by atoms with Crippen LogP contribution in [0.15, 0.2) is 18.6 Å². The molecule has 2 aromatic rings. The van der Waals surface area contributed by atoms with E-state index in [4.69, 9.17) is 0 Å². The lowest BCUT2D eigenvalue weighted by atomic mass is 9.83. The van der Waals surface area contributed by atoms with E-state index in [9.17, 15) is 8.42 Å². The molecule has 7 nitrogen and oxygen atoms in total. The number of fused-ring (bicyclic) bond motifs is 1. The predicted octanol–water partition coefficient (Wildman–Crippen LogP) is 3.84. The van der Waals surface area contributed by atoms with E-state index in [0.717, 1.165) is 68.2 Å². The molecule has 4 rings (SSSR count). The fraction of sp³-hybridized carbons (Fsp3) is 0.727. The Labute approximate surface area is 180 Å². The highest BCUT2D eigenvalue weighted by Crippen LogP contribution is 2.32. The third kappa shape index (κ3) is 4.80. The Morgan fingerprint density at radius 3 is 2.67 bits per heavy atom. The summed E-state index contributed by atoms with van der Waals surface area (Å²) in [5.41, 5.74) is 0.853. The molecule has 2 fully saturated rings. The number of aromatic nitrogens is 3. The molecule has 2 aliphatic rings. The summed E-state index contributed by atoms with van der Waals surface area (Å²) in [7, 11) is -1.13. The molecular weight excluding hydrogens is 398 g/mol. The molecule has 0 bridgehead atoms. The standard InChI is InChI=1S/C22H35N5O2S/c1-3-17-6-4-5-7-20(17)26-30(28,29)14-16-8-10-18(11-9-16)27(2)22-19-12-13-23-21(19)24-15-25-22/h12-13,15-18,20,26H,3-11,14H2,1-2H3,(H,23,24,25)/t16?,17-,18?,20+/m0/s1. The average Bonchev–Trinajstić information content (AvgIpc) is 3.22. The van der Waals surface area contributed by atoms with E-state index < -0.39 is 10.0 Å². The van der Waals surface area contributed by atoms with Crippen LogP contribution in [0.4, 0.5) is 5.82 Å². The third-order valence-corrected chi connectivity index (χ3v) is 8.82. The number of aromatic amines is 1. The van der Waals surface area contributed by atoms with E-state index in [2.05, 4.69) is 38.5 Å². The molecule has 2 saturated carbocycles. The molecule has 0 radical (unpaired) electrons. The lowest BCUT2D eigenvalue weighted by molar-refractivity contribution is 0.280. The van der Waals surface area contributed by atoms with Crippen LogP contribution in [0, 0.1) is 11.8 Å². The van der Waals surface area contributed by atoms with Gasteiger partial charge in [-0.25, -0.2) is 23.1 Å². The fourth-order valence-corrected chi connectivity index (χ4v) is 7.27. The zero-order chi connectivity index (χ0) is 21.1. The zero-order valence-electron chi connectivity index (χ0n) is 18.2. The first kappa shape index (κ1) is 21.6. The molecule has 2 aliphatic carbocycles. The number of nitrogens with one attached hydrogen (secondary N) is 2. The van der Waals surface area contributed by atoms with Gasteiger partial charge in [0.05, 0.1) is 11.1 Å². The van der Waals surface area contributed by atoms with Crippen molar-refractivity contribution in [3.05, 3.63) is 18.6 Å². The van der Waals surface area contributed by atoms with Crippen LogP contribution in [-0.2, 0) is 10.0 Å². The number of H-pyrrole nitrogens is 1. The van der Waals surface area contributed by atoms with Crippen LogP contribution in [-0.4, -0.2) is 48.3 Å². The van der Waals surface area contributed by atoms with Gasteiger partial charge in [0.25, 0.3) is 0 Å². The maximum absolute atomic E-state index is 12.8. The Kier molecular flexibility index (Phi) is 6.63. The van der Waals surface area contributed by atoms with Crippen molar-refractivity contribution in [3.8, 4) is 0 Å². The molecule has 2 heterocycles. The number of sulfonamides is 1. The minimum Gasteiger partial charge on any atom is -0.356 e. The Morgan fingerprint density at radius 1 is 1.13 bits per heavy atom. The number of hydrogen-bond acceptors (Lipinski definition) is 5. The first-order chi connectivity index (χ1) is 14.5. The van der Waals surface area contributed by atoms with Crippen molar-refractivity contribution < 1.29 is 8.42 Å². The summed E-state index contributed by atoms with van der Waals surface area (Å²) >= 11 is 0. The highest BCUT2D eigenvalue weighted by Gasteiger charge is 2.32. The van der Waals surface area contributed by atoms with Gasteiger partial charge in [-0.2, -0.15) is 0 Å². The van der Waals surface area contributed by atoms with Crippen LogP contribution >= 0.6 is 0 Å². The monoisotopic (exact) mass is 433 g/mol. The first-order valence-electron chi connectivity index (χ1n) is 11.5. The quantitative estimate of drug-likeness (QED) is 0.692. The Hall–Kier alpha value is -1.67. The molecule has 0 spiro atoms. The maximum atomic E-state index is 12.8. The number of nitrogens with zero attached hydrogens (tertiary/aromatic N) is 3. The van der Waals surface area contributed by atoms with E-state index in [1.807, 2.05) is 12.3 Å². The van der Waals surface area contributed by atoms with E-state index in [0.29, 0.717) is 12.0 Å². The largest absolute Gasteiger partial charge is 0.356 e. The number of anilines is 1. The van der Waals surface area contributed by atoms with Gasteiger partial charge in [-0.3, -0.25) is 0 Å². The van der Waals surface area contributed by atoms with Crippen LogP contribution in [0.25, 0.3) is 11.0 Å². The molecule has 2 N–H and O–H groups in total. The van der Waals surface area contributed by atoms with Gasteiger partial charge in [0.15, 0.2) is 0 Å². The van der Waals surface area contributed by atoms with Crippen LogP contribution in [0.1, 0.15) is 64.7 Å². The predicted molar refractivity (Wildman–Crippen MR) is 121 cm³/mol. The second kappa shape index (κ2) is 9.22. The summed E-state index contributed by atoms with van der Waals surface area (Å²) in [6.07, 6.45) is 12.9. The minimum absolute atomic E-state index is 0.137. The summed E-state index contributed by atoms with van der Waals surface area (Å²) in [6, 6.07) is 2.53. The van der Waals surface area contributed by atoms with Crippen LogP contribution in [0.2, 0.25) is 0 Å². The molecule has 166 valence electrons. The molecule has 2 aromatic heterocycles. The Bertz CT molecular complexity index is 936. The lowest BCUT2D eigenvalue weighted by Gasteiger charge is -2.36. The molecule has 0 aliphatic heterocycles. The molecule has 8 heteroatoms. The van der Waals surface area contributed by atoms with Crippen molar-refractivity contribution in [1.82, 2.24) is 19.7 Å². The van der Waals surface area contributed by atoms with Gasteiger partial charge < -0.3 is 9.88 Å². The molecule has 2 atom stereocenters.